The Kier molecular flexibility index (Phi) is 8.33. The highest BCUT2D eigenvalue weighted by Gasteiger charge is 2.38. The average molecular weight is 466 g/mol. The Hall–Kier alpha value is -2.73. The molecule has 0 unspecified atom stereocenters. The smallest absolute Gasteiger partial charge is 0.237 e. The molecular formula is C28H36FN3O2. The molecule has 1 saturated heterocycles. The Morgan fingerprint density at radius 2 is 1.62 bits per heavy atom. The minimum atomic E-state index is -0.295. The van der Waals surface area contributed by atoms with Crippen LogP contribution in [0.4, 0.5) is 4.39 Å². The van der Waals surface area contributed by atoms with E-state index in [4.69, 9.17) is 0 Å². The van der Waals surface area contributed by atoms with Crippen LogP contribution in [0.3, 0.4) is 0 Å². The van der Waals surface area contributed by atoms with Gasteiger partial charge in [0, 0.05) is 38.3 Å². The molecule has 0 spiro atoms. The molecule has 0 radical (unpaired) electrons. The number of carbonyl (C=O) groups excluding carboxylic acids is 2. The first-order valence-corrected chi connectivity index (χ1v) is 12.7. The van der Waals surface area contributed by atoms with E-state index in [1.165, 1.54) is 6.07 Å². The molecule has 2 amide bonds. The summed E-state index contributed by atoms with van der Waals surface area (Å²) in [5, 5.41) is 3.00. The van der Waals surface area contributed by atoms with Crippen molar-refractivity contribution in [1.29, 1.82) is 0 Å². The van der Waals surface area contributed by atoms with Gasteiger partial charge in [0.25, 0.3) is 0 Å². The standard InChI is InChI=1S/C28H36FN3O2/c1-2-24(21-10-4-3-5-11-21)28(34)32-18-16-31(17-19-32)26(22-12-6-7-13-22)27(33)30-20-23-14-8-9-15-25(23)29/h3-5,8-11,14-15,22,24,26H,2,6-7,12-13,16-20H2,1H3,(H,30,33)/t24-,26-/m0/s1. The van der Waals surface area contributed by atoms with Crippen molar-refractivity contribution < 1.29 is 14.0 Å². The van der Waals surface area contributed by atoms with E-state index in [1.54, 1.807) is 18.2 Å². The fraction of sp³-hybridized carbons (Fsp3) is 0.500. The summed E-state index contributed by atoms with van der Waals surface area (Å²) in [6.45, 7) is 4.89. The molecule has 0 aromatic heterocycles. The minimum absolute atomic E-state index is 0.0225. The van der Waals surface area contributed by atoms with Crippen molar-refractivity contribution in [3.63, 3.8) is 0 Å². The van der Waals surface area contributed by atoms with Crippen molar-refractivity contribution in [1.82, 2.24) is 15.1 Å². The van der Waals surface area contributed by atoms with Crippen LogP contribution < -0.4 is 5.32 Å². The summed E-state index contributed by atoms with van der Waals surface area (Å²) in [6.07, 6.45) is 5.16. The second-order valence-corrected chi connectivity index (χ2v) is 9.53. The van der Waals surface area contributed by atoms with Gasteiger partial charge in [-0.3, -0.25) is 14.5 Å². The van der Waals surface area contributed by atoms with Gasteiger partial charge in [0.1, 0.15) is 5.82 Å². The zero-order chi connectivity index (χ0) is 23.9. The molecule has 1 saturated carbocycles. The Morgan fingerprint density at radius 3 is 2.26 bits per heavy atom. The molecule has 1 aliphatic carbocycles. The van der Waals surface area contributed by atoms with Crippen LogP contribution in [-0.2, 0) is 16.1 Å². The van der Waals surface area contributed by atoms with E-state index in [9.17, 15) is 14.0 Å². The van der Waals surface area contributed by atoms with Gasteiger partial charge in [-0.15, -0.1) is 0 Å². The Labute approximate surface area is 202 Å². The van der Waals surface area contributed by atoms with Crippen molar-refractivity contribution in [2.75, 3.05) is 26.2 Å². The van der Waals surface area contributed by atoms with Crippen molar-refractivity contribution in [3.8, 4) is 0 Å². The van der Waals surface area contributed by atoms with E-state index in [2.05, 4.69) is 17.1 Å². The molecule has 2 aromatic carbocycles. The number of hydrogen-bond acceptors (Lipinski definition) is 3. The summed E-state index contributed by atoms with van der Waals surface area (Å²) in [4.78, 5) is 30.8. The van der Waals surface area contributed by atoms with E-state index in [-0.39, 0.29) is 36.1 Å². The van der Waals surface area contributed by atoms with Gasteiger partial charge in [0.2, 0.25) is 11.8 Å². The molecule has 2 aromatic rings. The maximum absolute atomic E-state index is 14.0. The number of hydrogen-bond donors (Lipinski definition) is 1. The third-order valence-corrected chi connectivity index (χ3v) is 7.45. The normalized spacial score (nSPS) is 19.1. The van der Waals surface area contributed by atoms with Crippen LogP contribution in [0, 0.1) is 11.7 Å². The van der Waals surface area contributed by atoms with Gasteiger partial charge in [-0.05, 0) is 36.8 Å². The number of carbonyl (C=O) groups is 2. The molecule has 1 N–H and O–H groups in total. The second-order valence-electron chi connectivity index (χ2n) is 9.53. The number of rotatable bonds is 8. The highest BCUT2D eigenvalue weighted by molar-refractivity contribution is 5.84. The number of amides is 2. The Bertz CT molecular complexity index is 953. The largest absolute Gasteiger partial charge is 0.351 e. The van der Waals surface area contributed by atoms with Crippen LogP contribution in [0.15, 0.2) is 54.6 Å². The molecule has 182 valence electrons. The van der Waals surface area contributed by atoms with Gasteiger partial charge in [0.05, 0.1) is 12.0 Å². The van der Waals surface area contributed by atoms with E-state index in [0.717, 1.165) is 37.7 Å². The quantitative estimate of drug-likeness (QED) is 0.631. The number of nitrogens with one attached hydrogen (secondary N) is 1. The Balaban J connectivity index is 1.39. The lowest BCUT2D eigenvalue weighted by atomic mass is 9.93. The first-order chi connectivity index (χ1) is 16.6. The molecule has 1 heterocycles. The summed E-state index contributed by atoms with van der Waals surface area (Å²) in [5.74, 6) is 0.0506. The van der Waals surface area contributed by atoms with Crippen LogP contribution in [0.5, 0.6) is 0 Å². The molecule has 1 aliphatic heterocycles. The zero-order valence-electron chi connectivity index (χ0n) is 20.1. The number of halogens is 1. The van der Waals surface area contributed by atoms with Crippen LogP contribution in [0.1, 0.15) is 56.1 Å². The van der Waals surface area contributed by atoms with E-state index < -0.39 is 0 Å². The van der Waals surface area contributed by atoms with Crippen molar-refractivity contribution in [2.24, 2.45) is 5.92 Å². The zero-order valence-corrected chi connectivity index (χ0v) is 20.1. The first kappa shape index (κ1) is 24.4. The van der Waals surface area contributed by atoms with Crippen molar-refractivity contribution >= 4 is 11.8 Å². The Morgan fingerprint density at radius 1 is 0.971 bits per heavy atom. The van der Waals surface area contributed by atoms with Gasteiger partial charge in [-0.1, -0.05) is 68.3 Å². The molecule has 2 fully saturated rings. The third-order valence-electron chi connectivity index (χ3n) is 7.45. The van der Waals surface area contributed by atoms with Crippen LogP contribution in [0.25, 0.3) is 0 Å². The predicted molar refractivity (Wildman–Crippen MR) is 132 cm³/mol. The average Bonchev–Trinajstić information content (AvgIpc) is 3.39. The van der Waals surface area contributed by atoms with Crippen LogP contribution in [-0.4, -0.2) is 53.8 Å². The van der Waals surface area contributed by atoms with E-state index in [0.29, 0.717) is 37.7 Å². The molecular weight excluding hydrogens is 429 g/mol. The highest BCUT2D eigenvalue weighted by Crippen LogP contribution is 2.31. The molecule has 2 atom stereocenters. The lowest BCUT2D eigenvalue weighted by Crippen LogP contribution is -2.58. The molecule has 0 bridgehead atoms. The van der Waals surface area contributed by atoms with Crippen LogP contribution >= 0.6 is 0 Å². The second kappa shape index (κ2) is 11.6. The molecule has 4 rings (SSSR count). The lowest BCUT2D eigenvalue weighted by molar-refractivity contribution is -0.136. The van der Waals surface area contributed by atoms with Gasteiger partial charge in [-0.25, -0.2) is 4.39 Å². The third kappa shape index (κ3) is 5.66. The van der Waals surface area contributed by atoms with E-state index >= 15 is 0 Å². The van der Waals surface area contributed by atoms with Crippen molar-refractivity contribution in [3.05, 3.63) is 71.5 Å². The fourth-order valence-electron chi connectivity index (χ4n) is 5.56. The first-order valence-electron chi connectivity index (χ1n) is 12.7. The highest BCUT2D eigenvalue weighted by atomic mass is 19.1. The van der Waals surface area contributed by atoms with Crippen LogP contribution in [0.2, 0.25) is 0 Å². The molecule has 34 heavy (non-hydrogen) atoms. The minimum Gasteiger partial charge on any atom is -0.351 e. The molecule has 5 nitrogen and oxygen atoms in total. The lowest BCUT2D eigenvalue weighted by Gasteiger charge is -2.41. The molecule has 2 aliphatic rings. The summed E-state index contributed by atoms with van der Waals surface area (Å²) in [6, 6.07) is 16.3. The molecule has 6 heteroatoms. The summed E-state index contributed by atoms with van der Waals surface area (Å²) in [5.41, 5.74) is 1.57. The predicted octanol–water partition coefficient (Wildman–Crippen LogP) is 4.34. The van der Waals surface area contributed by atoms with Gasteiger partial charge in [-0.2, -0.15) is 0 Å². The topological polar surface area (TPSA) is 52.7 Å². The SMILES string of the molecule is CC[C@H](C(=O)N1CCN([C@H](C(=O)NCc2ccccc2F)C2CCCC2)CC1)c1ccccc1. The van der Waals surface area contributed by atoms with Crippen molar-refractivity contribution in [2.45, 2.75) is 57.5 Å². The number of nitrogens with zero attached hydrogens (tertiary/aromatic N) is 2. The van der Waals surface area contributed by atoms with Gasteiger partial charge >= 0.3 is 0 Å². The summed E-state index contributed by atoms with van der Waals surface area (Å²) in [7, 11) is 0. The summed E-state index contributed by atoms with van der Waals surface area (Å²) >= 11 is 0. The number of benzene rings is 2. The monoisotopic (exact) mass is 465 g/mol. The maximum atomic E-state index is 14.0. The maximum Gasteiger partial charge on any atom is 0.237 e. The van der Waals surface area contributed by atoms with E-state index in [1.807, 2.05) is 35.2 Å². The van der Waals surface area contributed by atoms with Gasteiger partial charge in [0.15, 0.2) is 0 Å². The number of piperazine rings is 1. The summed E-state index contributed by atoms with van der Waals surface area (Å²) < 4.78 is 14.0. The fourth-order valence-corrected chi connectivity index (χ4v) is 5.56. The van der Waals surface area contributed by atoms with Gasteiger partial charge < -0.3 is 10.2 Å².